The predicted molar refractivity (Wildman–Crippen MR) is 73.3 cm³/mol. The van der Waals surface area contributed by atoms with Crippen LogP contribution in [0.15, 0.2) is 24.3 Å². The Balaban J connectivity index is 2.27. The molecule has 1 heterocycles. The number of hydrogen-bond donors (Lipinski definition) is 1. The molecule has 1 aliphatic heterocycles. The van der Waals surface area contributed by atoms with Crippen LogP contribution in [0.2, 0.25) is 5.02 Å². The molecule has 1 atom stereocenters. The monoisotopic (exact) mass is 252 g/mol. The Kier molecular flexibility index (Phi) is 3.76. The van der Waals surface area contributed by atoms with Crippen molar-refractivity contribution in [2.75, 3.05) is 13.1 Å². The van der Waals surface area contributed by atoms with Gasteiger partial charge in [-0.05, 0) is 50.9 Å². The fourth-order valence-corrected chi connectivity index (χ4v) is 3.06. The second kappa shape index (κ2) is 4.97. The summed E-state index contributed by atoms with van der Waals surface area (Å²) in [6.45, 7) is 6.37. The Morgan fingerprint density at radius 2 is 2.24 bits per heavy atom. The maximum atomic E-state index is 6.06. The van der Waals surface area contributed by atoms with E-state index in [4.69, 9.17) is 17.3 Å². The SMILES string of the molecule is CC1(C)CCCN1C(CN)c1cccc(Cl)c1. The smallest absolute Gasteiger partial charge is 0.0476 e. The highest BCUT2D eigenvalue weighted by Gasteiger charge is 2.36. The third kappa shape index (κ3) is 2.65. The van der Waals surface area contributed by atoms with Crippen LogP contribution in [-0.2, 0) is 0 Å². The Hall–Kier alpha value is -0.570. The van der Waals surface area contributed by atoms with Crippen LogP contribution < -0.4 is 5.73 Å². The number of benzene rings is 1. The van der Waals surface area contributed by atoms with Crippen LogP contribution >= 0.6 is 11.6 Å². The van der Waals surface area contributed by atoms with Crippen LogP contribution in [0.3, 0.4) is 0 Å². The van der Waals surface area contributed by atoms with E-state index >= 15 is 0 Å². The highest BCUT2D eigenvalue weighted by atomic mass is 35.5. The molecule has 1 aromatic rings. The Labute approximate surface area is 109 Å². The molecular formula is C14H21ClN2. The van der Waals surface area contributed by atoms with Crippen molar-refractivity contribution in [1.82, 2.24) is 4.90 Å². The largest absolute Gasteiger partial charge is 0.329 e. The predicted octanol–water partition coefficient (Wildman–Crippen LogP) is 3.21. The second-order valence-corrected chi connectivity index (χ2v) is 5.85. The van der Waals surface area contributed by atoms with Gasteiger partial charge < -0.3 is 5.73 Å². The van der Waals surface area contributed by atoms with Gasteiger partial charge in [0.25, 0.3) is 0 Å². The van der Waals surface area contributed by atoms with Crippen LogP contribution in [-0.4, -0.2) is 23.5 Å². The second-order valence-electron chi connectivity index (χ2n) is 5.42. The van der Waals surface area contributed by atoms with E-state index in [0.29, 0.717) is 6.54 Å². The first-order valence-electron chi connectivity index (χ1n) is 6.27. The van der Waals surface area contributed by atoms with E-state index in [2.05, 4.69) is 24.8 Å². The molecule has 0 bridgehead atoms. The van der Waals surface area contributed by atoms with Crippen molar-refractivity contribution >= 4 is 11.6 Å². The van der Waals surface area contributed by atoms with Crippen molar-refractivity contribution in [3.05, 3.63) is 34.9 Å². The summed E-state index contributed by atoms with van der Waals surface area (Å²) in [4.78, 5) is 2.51. The molecule has 0 aromatic heterocycles. The minimum atomic E-state index is 0.242. The van der Waals surface area contributed by atoms with E-state index in [1.165, 1.54) is 18.4 Å². The van der Waals surface area contributed by atoms with Crippen molar-refractivity contribution in [2.24, 2.45) is 5.73 Å². The fourth-order valence-electron chi connectivity index (χ4n) is 2.86. The van der Waals surface area contributed by atoms with E-state index in [9.17, 15) is 0 Å². The third-order valence-electron chi connectivity index (χ3n) is 3.80. The summed E-state index contributed by atoms with van der Waals surface area (Å²) in [5, 5.41) is 0.790. The van der Waals surface area contributed by atoms with Gasteiger partial charge in [0.1, 0.15) is 0 Å². The lowest BCUT2D eigenvalue weighted by molar-refractivity contribution is 0.119. The average Bonchev–Trinajstić information content (AvgIpc) is 2.60. The lowest BCUT2D eigenvalue weighted by atomic mass is 9.97. The van der Waals surface area contributed by atoms with Gasteiger partial charge in [0.05, 0.1) is 0 Å². The van der Waals surface area contributed by atoms with Crippen LogP contribution in [0.25, 0.3) is 0 Å². The van der Waals surface area contributed by atoms with Crippen LogP contribution in [0, 0.1) is 0 Å². The molecule has 17 heavy (non-hydrogen) atoms. The normalized spacial score (nSPS) is 21.6. The maximum absolute atomic E-state index is 6.06. The summed E-state index contributed by atoms with van der Waals surface area (Å²) in [6.07, 6.45) is 2.49. The van der Waals surface area contributed by atoms with Gasteiger partial charge in [-0.2, -0.15) is 0 Å². The Bertz CT molecular complexity index is 390. The highest BCUT2D eigenvalue weighted by molar-refractivity contribution is 6.30. The van der Waals surface area contributed by atoms with Crippen molar-refractivity contribution in [3.8, 4) is 0 Å². The van der Waals surface area contributed by atoms with E-state index in [0.717, 1.165) is 11.6 Å². The molecule has 3 heteroatoms. The lowest BCUT2D eigenvalue weighted by Crippen LogP contribution is -2.43. The van der Waals surface area contributed by atoms with Crippen LogP contribution in [0.1, 0.15) is 38.3 Å². The summed E-state index contributed by atoms with van der Waals surface area (Å²) in [7, 11) is 0. The van der Waals surface area contributed by atoms with Gasteiger partial charge in [-0.25, -0.2) is 0 Å². The van der Waals surface area contributed by atoms with Crippen molar-refractivity contribution in [2.45, 2.75) is 38.3 Å². The van der Waals surface area contributed by atoms with Gasteiger partial charge in [0.2, 0.25) is 0 Å². The van der Waals surface area contributed by atoms with Gasteiger partial charge >= 0.3 is 0 Å². The zero-order chi connectivity index (χ0) is 12.5. The summed E-state index contributed by atoms with van der Waals surface area (Å²) >= 11 is 6.06. The van der Waals surface area contributed by atoms with Crippen molar-refractivity contribution in [1.29, 1.82) is 0 Å². The van der Waals surface area contributed by atoms with Crippen molar-refractivity contribution < 1.29 is 0 Å². The highest BCUT2D eigenvalue weighted by Crippen LogP contribution is 2.36. The molecule has 2 N–H and O–H groups in total. The summed E-state index contributed by atoms with van der Waals surface area (Å²) in [5.74, 6) is 0. The molecule has 0 saturated carbocycles. The number of hydrogen-bond acceptors (Lipinski definition) is 2. The molecule has 0 spiro atoms. The number of nitrogens with zero attached hydrogens (tertiary/aromatic N) is 1. The van der Waals surface area contributed by atoms with E-state index < -0.39 is 0 Å². The molecule has 1 aromatic carbocycles. The Morgan fingerprint density at radius 3 is 2.76 bits per heavy atom. The van der Waals surface area contributed by atoms with Gasteiger partial charge in [0.15, 0.2) is 0 Å². The van der Waals surface area contributed by atoms with Gasteiger partial charge in [-0.1, -0.05) is 23.7 Å². The number of rotatable bonds is 3. The fraction of sp³-hybridized carbons (Fsp3) is 0.571. The maximum Gasteiger partial charge on any atom is 0.0476 e. The molecule has 2 rings (SSSR count). The lowest BCUT2D eigenvalue weighted by Gasteiger charge is -2.38. The molecule has 1 unspecified atom stereocenters. The van der Waals surface area contributed by atoms with Gasteiger partial charge in [-0.15, -0.1) is 0 Å². The third-order valence-corrected chi connectivity index (χ3v) is 4.03. The average molecular weight is 253 g/mol. The molecule has 1 fully saturated rings. The standard InChI is InChI=1S/C14H21ClN2/c1-14(2)7-4-8-17(14)13(10-16)11-5-3-6-12(15)9-11/h3,5-6,9,13H,4,7-8,10,16H2,1-2H3. The van der Waals surface area contributed by atoms with Gasteiger partial charge in [0, 0.05) is 23.1 Å². The molecular weight excluding hydrogens is 232 g/mol. The Morgan fingerprint density at radius 1 is 1.47 bits per heavy atom. The van der Waals surface area contributed by atoms with E-state index in [1.54, 1.807) is 0 Å². The molecule has 0 radical (unpaired) electrons. The summed E-state index contributed by atoms with van der Waals surface area (Å²) in [5.41, 5.74) is 7.44. The topological polar surface area (TPSA) is 29.3 Å². The van der Waals surface area contributed by atoms with E-state index in [-0.39, 0.29) is 11.6 Å². The van der Waals surface area contributed by atoms with Crippen LogP contribution in [0.5, 0.6) is 0 Å². The zero-order valence-electron chi connectivity index (χ0n) is 10.6. The molecule has 1 aliphatic rings. The number of nitrogens with two attached hydrogens (primary N) is 1. The first-order valence-corrected chi connectivity index (χ1v) is 6.65. The summed E-state index contributed by atoms with van der Waals surface area (Å²) in [6, 6.07) is 8.36. The minimum Gasteiger partial charge on any atom is -0.329 e. The summed E-state index contributed by atoms with van der Waals surface area (Å²) < 4.78 is 0. The zero-order valence-corrected chi connectivity index (χ0v) is 11.4. The first-order chi connectivity index (χ1) is 8.04. The van der Waals surface area contributed by atoms with Gasteiger partial charge in [-0.3, -0.25) is 4.90 Å². The number of likely N-dealkylation sites (tertiary alicyclic amines) is 1. The van der Waals surface area contributed by atoms with Crippen molar-refractivity contribution in [3.63, 3.8) is 0 Å². The molecule has 2 nitrogen and oxygen atoms in total. The molecule has 0 aliphatic carbocycles. The molecule has 0 amide bonds. The molecule has 1 saturated heterocycles. The number of halogens is 1. The quantitative estimate of drug-likeness (QED) is 0.895. The minimum absolute atomic E-state index is 0.242. The van der Waals surface area contributed by atoms with Crippen LogP contribution in [0.4, 0.5) is 0 Å². The molecule has 94 valence electrons. The first kappa shape index (κ1) is 12.9. The van der Waals surface area contributed by atoms with E-state index in [1.807, 2.05) is 18.2 Å².